The molecule has 15 heavy (non-hydrogen) atoms. The van der Waals surface area contributed by atoms with Gasteiger partial charge in [-0.25, -0.2) is 0 Å². The van der Waals surface area contributed by atoms with Crippen LogP contribution in [-0.2, 0) is 0 Å². The van der Waals surface area contributed by atoms with Gasteiger partial charge in [0.05, 0.1) is 0 Å². The summed E-state index contributed by atoms with van der Waals surface area (Å²) in [6.07, 6.45) is 4.89. The minimum atomic E-state index is 0.148. The molecule has 0 bridgehead atoms. The van der Waals surface area contributed by atoms with Gasteiger partial charge in [0.2, 0.25) is 16.5 Å². The van der Waals surface area contributed by atoms with Crippen LogP contribution in [0.1, 0.15) is 25.7 Å². The van der Waals surface area contributed by atoms with Crippen molar-refractivity contribution in [2.24, 2.45) is 0 Å². The maximum absolute atomic E-state index is 5.73. The number of anilines is 1. The standard InChI is InChI=1S/C9H12Cl2N4/c1-15(6-4-2-3-5-6)9-13-7(10)12-8(11)14-9/h6H,2-5H2,1H3. The molecule has 1 saturated carbocycles. The van der Waals surface area contributed by atoms with Crippen LogP contribution < -0.4 is 4.90 Å². The summed E-state index contributed by atoms with van der Waals surface area (Å²) >= 11 is 11.5. The average molecular weight is 247 g/mol. The van der Waals surface area contributed by atoms with Crippen LogP contribution in [0.3, 0.4) is 0 Å². The molecule has 82 valence electrons. The molecule has 0 aromatic carbocycles. The monoisotopic (exact) mass is 246 g/mol. The third-order valence-corrected chi connectivity index (χ3v) is 3.09. The van der Waals surface area contributed by atoms with Crippen LogP contribution in [-0.4, -0.2) is 28.0 Å². The molecule has 6 heteroatoms. The van der Waals surface area contributed by atoms with Crippen molar-refractivity contribution in [2.45, 2.75) is 31.7 Å². The van der Waals surface area contributed by atoms with Crippen molar-refractivity contribution in [2.75, 3.05) is 11.9 Å². The highest BCUT2D eigenvalue weighted by molar-refractivity contribution is 6.31. The van der Waals surface area contributed by atoms with Gasteiger partial charge in [-0.2, -0.15) is 15.0 Å². The number of halogens is 2. The first-order chi connectivity index (χ1) is 7.16. The Morgan fingerprint density at radius 1 is 1.07 bits per heavy atom. The van der Waals surface area contributed by atoms with Crippen molar-refractivity contribution < 1.29 is 0 Å². The predicted octanol–water partition coefficient (Wildman–Crippen LogP) is 2.56. The number of hydrogen-bond donors (Lipinski definition) is 0. The van der Waals surface area contributed by atoms with Crippen LogP contribution in [0.25, 0.3) is 0 Å². The lowest BCUT2D eigenvalue weighted by Crippen LogP contribution is -2.30. The molecule has 0 atom stereocenters. The predicted molar refractivity (Wildman–Crippen MR) is 60.5 cm³/mol. The molecule has 0 N–H and O–H groups in total. The zero-order valence-electron chi connectivity index (χ0n) is 8.45. The fourth-order valence-corrected chi connectivity index (χ4v) is 2.28. The maximum Gasteiger partial charge on any atom is 0.230 e. The quantitative estimate of drug-likeness (QED) is 0.805. The molecule has 2 rings (SSSR count). The Hall–Kier alpha value is -0.610. The van der Waals surface area contributed by atoms with Crippen LogP contribution in [0.5, 0.6) is 0 Å². The SMILES string of the molecule is CN(c1nc(Cl)nc(Cl)n1)C1CCCC1. The summed E-state index contributed by atoms with van der Waals surface area (Å²) in [5.74, 6) is 0.562. The van der Waals surface area contributed by atoms with Crippen LogP contribution in [0, 0.1) is 0 Å². The Kier molecular flexibility index (Phi) is 3.26. The average Bonchev–Trinajstić information content (AvgIpc) is 2.67. The Bertz CT molecular complexity index is 332. The van der Waals surface area contributed by atoms with E-state index in [-0.39, 0.29) is 10.6 Å². The fourth-order valence-electron chi connectivity index (χ4n) is 1.93. The van der Waals surface area contributed by atoms with Gasteiger partial charge >= 0.3 is 0 Å². The summed E-state index contributed by atoms with van der Waals surface area (Å²) in [7, 11) is 1.97. The van der Waals surface area contributed by atoms with Gasteiger partial charge in [-0.15, -0.1) is 0 Å². The molecule has 0 radical (unpaired) electrons. The molecule has 1 aliphatic rings. The van der Waals surface area contributed by atoms with Gasteiger partial charge in [0.1, 0.15) is 0 Å². The van der Waals surface area contributed by atoms with Crippen LogP contribution in [0.15, 0.2) is 0 Å². The van der Waals surface area contributed by atoms with Crippen molar-refractivity contribution in [3.63, 3.8) is 0 Å². The van der Waals surface area contributed by atoms with Gasteiger partial charge in [0.15, 0.2) is 0 Å². The van der Waals surface area contributed by atoms with E-state index in [0.717, 1.165) is 0 Å². The molecular formula is C9H12Cl2N4. The van der Waals surface area contributed by atoms with E-state index >= 15 is 0 Å². The Balaban J connectivity index is 2.20. The van der Waals surface area contributed by atoms with Crippen LogP contribution in [0.2, 0.25) is 10.6 Å². The molecule has 1 aromatic heterocycles. The normalized spacial score (nSPS) is 17.0. The molecule has 0 unspecified atom stereocenters. The first-order valence-corrected chi connectivity index (χ1v) is 5.72. The van der Waals surface area contributed by atoms with Gasteiger partial charge in [-0.05, 0) is 36.0 Å². The molecule has 1 fully saturated rings. The van der Waals surface area contributed by atoms with Crippen molar-refractivity contribution in [3.05, 3.63) is 10.6 Å². The third-order valence-electron chi connectivity index (χ3n) is 2.76. The second kappa shape index (κ2) is 4.49. The van der Waals surface area contributed by atoms with E-state index in [1.54, 1.807) is 0 Å². The van der Waals surface area contributed by atoms with E-state index in [2.05, 4.69) is 15.0 Å². The van der Waals surface area contributed by atoms with Crippen LogP contribution >= 0.6 is 23.2 Å². The van der Waals surface area contributed by atoms with Gasteiger partial charge < -0.3 is 4.90 Å². The lowest BCUT2D eigenvalue weighted by molar-refractivity contribution is 0.636. The second-order valence-electron chi connectivity index (χ2n) is 3.72. The fraction of sp³-hybridized carbons (Fsp3) is 0.667. The Labute approximate surface area is 98.6 Å². The van der Waals surface area contributed by atoms with Gasteiger partial charge in [-0.1, -0.05) is 12.8 Å². The molecule has 4 nitrogen and oxygen atoms in total. The molecular weight excluding hydrogens is 235 g/mol. The largest absolute Gasteiger partial charge is 0.341 e. The molecule has 0 spiro atoms. The highest BCUT2D eigenvalue weighted by atomic mass is 35.5. The van der Waals surface area contributed by atoms with Crippen molar-refractivity contribution >= 4 is 29.2 Å². The summed E-state index contributed by atoms with van der Waals surface area (Å²) in [6, 6.07) is 0.500. The van der Waals surface area contributed by atoms with E-state index in [0.29, 0.717) is 12.0 Å². The second-order valence-corrected chi connectivity index (χ2v) is 4.40. The molecule has 0 amide bonds. The topological polar surface area (TPSA) is 41.9 Å². The summed E-state index contributed by atoms with van der Waals surface area (Å²) in [5, 5.41) is 0.296. The molecule has 1 heterocycles. The smallest absolute Gasteiger partial charge is 0.230 e. The Morgan fingerprint density at radius 3 is 2.13 bits per heavy atom. The Morgan fingerprint density at radius 2 is 1.60 bits per heavy atom. The highest BCUT2D eigenvalue weighted by Crippen LogP contribution is 2.25. The van der Waals surface area contributed by atoms with Crippen molar-refractivity contribution in [1.82, 2.24) is 15.0 Å². The molecule has 1 aromatic rings. The van der Waals surface area contributed by atoms with Gasteiger partial charge in [-0.3, -0.25) is 0 Å². The van der Waals surface area contributed by atoms with E-state index in [9.17, 15) is 0 Å². The van der Waals surface area contributed by atoms with E-state index in [4.69, 9.17) is 23.2 Å². The summed E-state index contributed by atoms with van der Waals surface area (Å²) in [5.41, 5.74) is 0. The van der Waals surface area contributed by atoms with Crippen LogP contribution in [0.4, 0.5) is 5.95 Å². The molecule has 0 aliphatic heterocycles. The van der Waals surface area contributed by atoms with Gasteiger partial charge in [0, 0.05) is 13.1 Å². The van der Waals surface area contributed by atoms with E-state index < -0.39 is 0 Å². The zero-order valence-corrected chi connectivity index (χ0v) is 9.96. The molecule has 1 aliphatic carbocycles. The van der Waals surface area contributed by atoms with E-state index in [1.807, 2.05) is 11.9 Å². The first kappa shape index (κ1) is 10.9. The lowest BCUT2D eigenvalue weighted by atomic mass is 10.2. The number of rotatable bonds is 2. The third kappa shape index (κ3) is 2.49. The lowest BCUT2D eigenvalue weighted by Gasteiger charge is -2.23. The van der Waals surface area contributed by atoms with Crippen molar-refractivity contribution in [3.8, 4) is 0 Å². The number of nitrogens with zero attached hydrogens (tertiary/aromatic N) is 4. The number of aromatic nitrogens is 3. The highest BCUT2D eigenvalue weighted by Gasteiger charge is 2.22. The summed E-state index contributed by atoms with van der Waals surface area (Å²) < 4.78 is 0. The first-order valence-electron chi connectivity index (χ1n) is 4.97. The summed E-state index contributed by atoms with van der Waals surface area (Å²) in [4.78, 5) is 13.9. The number of hydrogen-bond acceptors (Lipinski definition) is 4. The zero-order chi connectivity index (χ0) is 10.8. The minimum Gasteiger partial charge on any atom is -0.341 e. The summed E-state index contributed by atoms with van der Waals surface area (Å²) in [6.45, 7) is 0. The maximum atomic E-state index is 5.73. The minimum absolute atomic E-state index is 0.148. The van der Waals surface area contributed by atoms with Gasteiger partial charge in [0.25, 0.3) is 0 Å². The van der Waals surface area contributed by atoms with Crippen molar-refractivity contribution in [1.29, 1.82) is 0 Å². The van der Waals surface area contributed by atoms with E-state index in [1.165, 1.54) is 25.7 Å². The molecule has 0 saturated heterocycles.